The van der Waals surface area contributed by atoms with E-state index in [0.717, 1.165) is 33.3 Å². The maximum atomic E-state index is 6.11. The van der Waals surface area contributed by atoms with Crippen molar-refractivity contribution in [3.8, 4) is 44.8 Å². The first-order valence-electron chi connectivity index (χ1n) is 19.5. The summed E-state index contributed by atoms with van der Waals surface area (Å²) in [6, 6.07) is 74.6. The Hall–Kier alpha value is -7.62. The van der Waals surface area contributed by atoms with Gasteiger partial charge >= 0.3 is 0 Å². The van der Waals surface area contributed by atoms with Gasteiger partial charge < -0.3 is 13.6 Å². The van der Waals surface area contributed by atoms with Crippen LogP contribution in [0.1, 0.15) is 0 Å². The van der Waals surface area contributed by atoms with Gasteiger partial charge in [-0.2, -0.15) is 0 Å². The Kier molecular flexibility index (Phi) is 6.93. The Morgan fingerprint density at radius 1 is 0.246 bits per heavy atom. The fraction of sp³-hybridized carbons (Fsp3) is 0. The maximum absolute atomic E-state index is 6.11. The number of hydrogen-bond donors (Lipinski definition) is 0. The molecule has 0 fully saturated rings. The molecule has 12 rings (SSSR count). The molecular formula is C54H34N2O. The average Bonchev–Trinajstić information content (AvgIpc) is 3.94. The van der Waals surface area contributed by atoms with Gasteiger partial charge in [-0.05, 0) is 106 Å². The van der Waals surface area contributed by atoms with Crippen molar-refractivity contribution >= 4 is 65.6 Å². The van der Waals surface area contributed by atoms with Crippen molar-refractivity contribution < 1.29 is 4.42 Å². The molecule has 3 aromatic heterocycles. The minimum absolute atomic E-state index is 0.913. The third-order valence-electron chi connectivity index (χ3n) is 11.7. The van der Waals surface area contributed by atoms with Gasteiger partial charge in [-0.1, -0.05) is 133 Å². The molecule has 0 bridgehead atoms. The number of benzene rings is 9. The van der Waals surface area contributed by atoms with Crippen LogP contribution < -0.4 is 0 Å². The molecule has 0 saturated heterocycles. The van der Waals surface area contributed by atoms with Gasteiger partial charge in [0.05, 0.1) is 22.1 Å². The largest absolute Gasteiger partial charge is 0.456 e. The normalized spacial score (nSPS) is 11.9. The number of hydrogen-bond acceptors (Lipinski definition) is 1. The fourth-order valence-electron chi connectivity index (χ4n) is 9.00. The summed E-state index contributed by atoms with van der Waals surface area (Å²) in [7, 11) is 0. The molecule has 9 aromatic carbocycles. The quantitative estimate of drug-likeness (QED) is 0.173. The first-order valence-corrected chi connectivity index (χ1v) is 19.5. The van der Waals surface area contributed by atoms with E-state index in [1.54, 1.807) is 0 Å². The van der Waals surface area contributed by atoms with Crippen molar-refractivity contribution in [2.24, 2.45) is 0 Å². The predicted octanol–water partition coefficient (Wildman–Crippen LogP) is 14.8. The zero-order chi connectivity index (χ0) is 37.5. The van der Waals surface area contributed by atoms with Crippen LogP contribution >= 0.6 is 0 Å². The summed E-state index contributed by atoms with van der Waals surface area (Å²) in [4.78, 5) is 0. The highest BCUT2D eigenvalue weighted by Crippen LogP contribution is 2.39. The number of nitrogens with zero attached hydrogens (tertiary/aromatic N) is 2. The van der Waals surface area contributed by atoms with E-state index in [1.807, 2.05) is 12.1 Å². The van der Waals surface area contributed by atoms with E-state index in [0.29, 0.717) is 0 Å². The lowest BCUT2D eigenvalue weighted by atomic mass is 10.0. The van der Waals surface area contributed by atoms with Crippen molar-refractivity contribution in [2.75, 3.05) is 0 Å². The van der Waals surface area contributed by atoms with Gasteiger partial charge in [0.15, 0.2) is 0 Å². The smallest absolute Gasteiger partial charge is 0.135 e. The zero-order valence-electron chi connectivity index (χ0n) is 30.9. The molecule has 0 spiro atoms. The lowest BCUT2D eigenvalue weighted by Crippen LogP contribution is -1.94. The molecule has 0 aliphatic heterocycles. The Morgan fingerprint density at radius 2 is 0.684 bits per heavy atom. The maximum Gasteiger partial charge on any atom is 0.135 e. The van der Waals surface area contributed by atoms with E-state index in [2.05, 4.69) is 203 Å². The summed E-state index contributed by atoms with van der Waals surface area (Å²) in [6.07, 6.45) is 0. The van der Waals surface area contributed by atoms with Gasteiger partial charge in [0, 0.05) is 43.7 Å². The Morgan fingerprint density at radius 3 is 1.42 bits per heavy atom. The number of furan rings is 1. The second kappa shape index (κ2) is 12.5. The number of rotatable bonds is 5. The minimum atomic E-state index is 0.913. The Labute approximate surface area is 328 Å². The van der Waals surface area contributed by atoms with Crippen molar-refractivity contribution in [3.63, 3.8) is 0 Å². The highest BCUT2D eigenvalue weighted by atomic mass is 16.3. The Bertz CT molecular complexity index is 3490. The molecule has 57 heavy (non-hydrogen) atoms. The molecule has 3 heterocycles. The third kappa shape index (κ3) is 4.99. The summed E-state index contributed by atoms with van der Waals surface area (Å²) in [5.74, 6) is 0. The van der Waals surface area contributed by atoms with Crippen LogP contribution in [0.4, 0.5) is 0 Å². The van der Waals surface area contributed by atoms with Gasteiger partial charge in [-0.3, -0.25) is 0 Å². The molecule has 0 radical (unpaired) electrons. The summed E-state index contributed by atoms with van der Waals surface area (Å²) < 4.78 is 10.9. The summed E-state index contributed by atoms with van der Waals surface area (Å²) in [5, 5.41) is 7.27. The molecule has 0 unspecified atom stereocenters. The van der Waals surface area contributed by atoms with Crippen molar-refractivity contribution in [1.82, 2.24) is 9.13 Å². The molecule has 0 amide bonds. The predicted molar refractivity (Wildman–Crippen MR) is 239 cm³/mol. The number of fused-ring (bicyclic) bond motifs is 9. The summed E-state index contributed by atoms with van der Waals surface area (Å²) in [6.45, 7) is 0. The molecule has 266 valence electrons. The van der Waals surface area contributed by atoms with Gasteiger partial charge in [0.2, 0.25) is 0 Å². The molecular weight excluding hydrogens is 693 g/mol. The van der Waals surface area contributed by atoms with E-state index in [-0.39, 0.29) is 0 Å². The van der Waals surface area contributed by atoms with E-state index >= 15 is 0 Å². The van der Waals surface area contributed by atoms with Crippen molar-refractivity contribution in [2.45, 2.75) is 0 Å². The van der Waals surface area contributed by atoms with Gasteiger partial charge in [-0.25, -0.2) is 0 Å². The van der Waals surface area contributed by atoms with Gasteiger partial charge in [0.25, 0.3) is 0 Å². The highest BCUT2D eigenvalue weighted by molar-refractivity contribution is 6.12. The summed E-state index contributed by atoms with van der Waals surface area (Å²) in [5.41, 5.74) is 16.1. The second-order valence-electron chi connectivity index (χ2n) is 14.9. The molecule has 0 atom stereocenters. The van der Waals surface area contributed by atoms with E-state index in [1.165, 1.54) is 77.0 Å². The van der Waals surface area contributed by atoms with Gasteiger partial charge in [0.1, 0.15) is 11.2 Å². The lowest BCUT2D eigenvalue weighted by molar-refractivity contribution is 0.669. The third-order valence-corrected chi connectivity index (χ3v) is 11.7. The first kappa shape index (κ1) is 31.7. The SMILES string of the molecule is c1ccc(-c2ccc(-n3c4ccccc4c4cc(-c5ccc6c7ccccc7n(-c7ccc(-c8ccc9oc%10ccccc%10c9c8)cc7)c6c5)ccc43)cc2)cc1. The van der Waals surface area contributed by atoms with E-state index in [4.69, 9.17) is 4.42 Å². The number of para-hydroxylation sites is 3. The minimum Gasteiger partial charge on any atom is -0.456 e. The van der Waals surface area contributed by atoms with Crippen LogP contribution in [0.15, 0.2) is 211 Å². The van der Waals surface area contributed by atoms with Crippen molar-refractivity contribution in [3.05, 3.63) is 206 Å². The highest BCUT2D eigenvalue weighted by Gasteiger charge is 2.17. The van der Waals surface area contributed by atoms with Crippen LogP contribution in [0.3, 0.4) is 0 Å². The molecule has 0 N–H and O–H groups in total. The van der Waals surface area contributed by atoms with Crippen LogP contribution in [0.25, 0.3) is 110 Å². The lowest BCUT2D eigenvalue weighted by Gasteiger charge is -2.11. The molecule has 0 saturated carbocycles. The summed E-state index contributed by atoms with van der Waals surface area (Å²) >= 11 is 0. The topological polar surface area (TPSA) is 23.0 Å². The van der Waals surface area contributed by atoms with Gasteiger partial charge in [-0.15, -0.1) is 0 Å². The molecule has 0 aliphatic rings. The monoisotopic (exact) mass is 726 g/mol. The standard InChI is InChI=1S/C54H34N2O/c1-2-10-35(11-3-1)36-18-25-41(26-19-36)55-50-16-8-5-13-44(50)47-32-39(23-30-51(47)55)40-22-29-45-43-12-4-7-15-49(43)56(52(45)34-40)42-27-20-37(21-28-42)38-24-31-54-48(33-38)46-14-6-9-17-53(46)57-54/h1-34H. The van der Waals surface area contributed by atoms with Crippen LogP contribution in [-0.4, -0.2) is 9.13 Å². The van der Waals surface area contributed by atoms with Crippen LogP contribution in [0, 0.1) is 0 Å². The molecule has 3 nitrogen and oxygen atoms in total. The second-order valence-corrected chi connectivity index (χ2v) is 14.9. The van der Waals surface area contributed by atoms with Crippen LogP contribution in [0.5, 0.6) is 0 Å². The molecule has 0 aliphatic carbocycles. The average molecular weight is 727 g/mol. The van der Waals surface area contributed by atoms with E-state index in [9.17, 15) is 0 Å². The van der Waals surface area contributed by atoms with Crippen LogP contribution in [0.2, 0.25) is 0 Å². The molecule has 12 aromatic rings. The fourth-order valence-corrected chi connectivity index (χ4v) is 9.00. The molecule has 3 heteroatoms. The first-order chi connectivity index (χ1) is 28.2. The van der Waals surface area contributed by atoms with Crippen LogP contribution in [-0.2, 0) is 0 Å². The Balaban J connectivity index is 0.959. The number of aromatic nitrogens is 2. The zero-order valence-corrected chi connectivity index (χ0v) is 30.9. The van der Waals surface area contributed by atoms with Crippen molar-refractivity contribution in [1.29, 1.82) is 0 Å². The van der Waals surface area contributed by atoms with E-state index < -0.39 is 0 Å².